The molecule has 194 valence electrons. The number of nitrogens with two attached hydrogens (primary N) is 1. The number of halogens is 1. The zero-order valence-electron chi connectivity index (χ0n) is 21.2. The van der Waals surface area contributed by atoms with Gasteiger partial charge in [0.15, 0.2) is 17.3 Å². The molecule has 10 heteroatoms. The lowest BCUT2D eigenvalue weighted by Crippen LogP contribution is -2.34. The number of nitrogens with one attached hydrogen (secondary N) is 1. The number of anilines is 1. The number of likely N-dealkylation sites (tertiary alicyclic amines) is 1. The van der Waals surface area contributed by atoms with E-state index in [2.05, 4.69) is 22.2 Å². The van der Waals surface area contributed by atoms with E-state index in [0.717, 1.165) is 43.3 Å². The number of imidazole rings is 1. The predicted octanol–water partition coefficient (Wildman–Crippen LogP) is 2.23. The maximum atomic E-state index is 15.3. The Balaban J connectivity index is 1.52. The van der Waals surface area contributed by atoms with Crippen molar-refractivity contribution in [3.8, 4) is 0 Å². The van der Waals surface area contributed by atoms with Crippen LogP contribution in [0, 0.1) is 5.82 Å². The molecule has 2 aliphatic heterocycles. The van der Waals surface area contributed by atoms with Crippen molar-refractivity contribution in [3.05, 3.63) is 51.9 Å². The summed E-state index contributed by atoms with van der Waals surface area (Å²) in [6.07, 6.45) is 3.82. The van der Waals surface area contributed by atoms with Crippen molar-refractivity contribution < 1.29 is 9.18 Å². The number of hydrogen-bond acceptors (Lipinski definition) is 6. The van der Waals surface area contributed by atoms with E-state index in [1.54, 1.807) is 0 Å². The Labute approximate surface area is 213 Å². The van der Waals surface area contributed by atoms with E-state index in [9.17, 15) is 9.59 Å². The Hall–Kier alpha value is -3.50. The molecule has 1 amide bonds. The van der Waals surface area contributed by atoms with Gasteiger partial charge in [0.1, 0.15) is 11.2 Å². The van der Waals surface area contributed by atoms with E-state index >= 15 is 4.39 Å². The van der Waals surface area contributed by atoms with Crippen molar-refractivity contribution in [1.29, 1.82) is 0 Å². The number of amides is 1. The molecule has 9 nitrogen and oxygen atoms in total. The molecule has 0 bridgehead atoms. The van der Waals surface area contributed by atoms with Gasteiger partial charge in [-0.1, -0.05) is 12.1 Å². The molecule has 0 spiro atoms. The maximum Gasteiger partial charge on any atom is 0.259 e. The number of fused-ring (bicyclic) bond motifs is 5. The van der Waals surface area contributed by atoms with Crippen molar-refractivity contribution in [2.45, 2.75) is 37.8 Å². The molecule has 6 rings (SSSR count). The first-order valence-corrected chi connectivity index (χ1v) is 13.0. The molecule has 0 radical (unpaired) electrons. The summed E-state index contributed by atoms with van der Waals surface area (Å²) < 4.78 is 19.0. The van der Waals surface area contributed by atoms with Crippen molar-refractivity contribution in [1.82, 2.24) is 24.2 Å². The van der Waals surface area contributed by atoms with Crippen LogP contribution in [0.25, 0.3) is 27.7 Å². The van der Waals surface area contributed by atoms with Gasteiger partial charge in [-0.15, -0.1) is 0 Å². The van der Waals surface area contributed by atoms with Crippen LogP contribution in [0.2, 0.25) is 0 Å². The lowest BCUT2D eigenvalue weighted by atomic mass is 10.1. The largest absolute Gasteiger partial charge is 0.353 e. The molecule has 2 fully saturated rings. The summed E-state index contributed by atoms with van der Waals surface area (Å²) in [5, 5.41) is 3.05. The number of benzene rings is 1. The van der Waals surface area contributed by atoms with Crippen LogP contribution in [-0.2, 0) is 7.05 Å². The Morgan fingerprint density at radius 1 is 1.19 bits per heavy atom. The first kappa shape index (κ1) is 23.9. The van der Waals surface area contributed by atoms with Gasteiger partial charge in [0.25, 0.3) is 5.91 Å². The molecule has 2 aliphatic rings. The topological polar surface area (TPSA) is 101 Å². The van der Waals surface area contributed by atoms with Gasteiger partial charge in [0.2, 0.25) is 5.43 Å². The number of carbonyl (C=O) groups excluding carboxylic acids is 1. The minimum Gasteiger partial charge on any atom is -0.353 e. The molecule has 0 aliphatic carbocycles. The number of rotatable bonds is 5. The lowest BCUT2D eigenvalue weighted by molar-refractivity contribution is 0.0950. The highest BCUT2D eigenvalue weighted by Gasteiger charge is 2.28. The zero-order valence-corrected chi connectivity index (χ0v) is 21.2. The quantitative estimate of drug-likeness (QED) is 0.432. The van der Waals surface area contributed by atoms with Gasteiger partial charge in [-0.2, -0.15) is 0 Å². The van der Waals surface area contributed by atoms with Gasteiger partial charge in [-0.25, -0.2) is 9.37 Å². The minimum absolute atomic E-state index is 0.00289. The molecule has 5 heterocycles. The predicted molar refractivity (Wildman–Crippen MR) is 143 cm³/mol. The van der Waals surface area contributed by atoms with Crippen LogP contribution in [0.4, 0.5) is 10.2 Å². The molecule has 1 aromatic carbocycles. The zero-order chi connectivity index (χ0) is 25.8. The summed E-state index contributed by atoms with van der Waals surface area (Å²) >= 11 is 0. The first-order chi connectivity index (χ1) is 17.8. The summed E-state index contributed by atoms with van der Waals surface area (Å²) in [6.45, 7) is 2.62. The van der Waals surface area contributed by atoms with Crippen LogP contribution in [0.15, 0.2) is 35.1 Å². The highest BCUT2D eigenvalue weighted by molar-refractivity contribution is 6.05. The third-order valence-electron chi connectivity index (χ3n) is 8.04. The van der Waals surface area contributed by atoms with E-state index in [4.69, 9.17) is 5.73 Å². The molecule has 3 N–H and O–H groups in total. The first-order valence-electron chi connectivity index (χ1n) is 13.0. The molecule has 3 aromatic heterocycles. The summed E-state index contributed by atoms with van der Waals surface area (Å²) in [5.74, 6) is -0.861. The average Bonchev–Trinajstić information content (AvgIpc) is 3.58. The highest BCUT2D eigenvalue weighted by atomic mass is 19.1. The normalized spacial score (nSPS) is 20.6. The van der Waals surface area contributed by atoms with Crippen molar-refractivity contribution >= 4 is 39.4 Å². The fourth-order valence-corrected chi connectivity index (χ4v) is 6.04. The van der Waals surface area contributed by atoms with Crippen LogP contribution in [0.1, 0.15) is 36.0 Å². The molecule has 2 atom stereocenters. The Morgan fingerprint density at radius 2 is 1.97 bits per heavy atom. The van der Waals surface area contributed by atoms with Gasteiger partial charge >= 0.3 is 0 Å². The number of nitrogens with zero attached hydrogens (tertiary/aromatic N) is 5. The Bertz CT molecular complexity index is 1590. The second-order valence-corrected chi connectivity index (χ2v) is 10.4. The highest BCUT2D eigenvalue weighted by Crippen LogP contribution is 2.29. The fourth-order valence-electron chi connectivity index (χ4n) is 6.04. The van der Waals surface area contributed by atoms with Crippen molar-refractivity contribution in [3.63, 3.8) is 0 Å². The molecular weight excluding hydrogens is 473 g/mol. The molecule has 37 heavy (non-hydrogen) atoms. The van der Waals surface area contributed by atoms with E-state index in [-0.39, 0.29) is 22.8 Å². The van der Waals surface area contributed by atoms with Crippen LogP contribution < -0.4 is 21.4 Å². The summed E-state index contributed by atoms with van der Waals surface area (Å²) in [5.41, 5.74) is 7.94. The SMILES string of the molecule is CN1CCCC1CCNC(=O)c1c(=O)c2cc(F)c(N3CCC(N)C3)nc2n2c3ccccc3n(C)c12. The smallest absolute Gasteiger partial charge is 0.259 e. The van der Waals surface area contributed by atoms with E-state index < -0.39 is 17.2 Å². The molecule has 2 unspecified atom stereocenters. The van der Waals surface area contributed by atoms with Crippen molar-refractivity contribution in [2.75, 3.05) is 38.1 Å². The third kappa shape index (κ3) is 3.86. The van der Waals surface area contributed by atoms with Gasteiger partial charge in [0, 0.05) is 38.8 Å². The summed E-state index contributed by atoms with van der Waals surface area (Å²) in [4.78, 5) is 36.1. The number of aromatic nitrogens is 3. The minimum atomic E-state index is -0.588. The summed E-state index contributed by atoms with van der Waals surface area (Å²) in [6, 6.07) is 9.25. The number of pyridine rings is 2. The maximum absolute atomic E-state index is 15.3. The molecule has 2 saturated heterocycles. The lowest BCUT2D eigenvalue weighted by Gasteiger charge is -2.20. The van der Waals surface area contributed by atoms with Gasteiger partial charge in [0.05, 0.1) is 16.4 Å². The van der Waals surface area contributed by atoms with E-state index in [1.807, 2.05) is 45.2 Å². The third-order valence-corrected chi connectivity index (χ3v) is 8.04. The molecule has 0 saturated carbocycles. The van der Waals surface area contributed by atoms with Crippen LogP contribution in [-0.4, -0.2) is 70.1 Å². The number of carbonyl (C=O) groups is 1. The number of hydrogen-bond donors (Lipinski definition) is 2. The van der Waals surface area contributed by atoms with E-state index in [1.165, 1.54) is 6.07 Å². The standard InChI is InChI=1S/C27H32FN7O2/c1-32-12-5-6-17(32)9-11-30-26(37)22-23(36)18-14-19(28)25(34-13-10-16(29)15-34)31-24(18)35-21-8-4-3-7-20(21)33(2)27(22)35/h3-4,7-8,14,16-17H,5-6,9-13,15,29H2,1-2H3,(H,30,37). The van der Waals surface area contributed by atoms with Gasteiger partial charge < -0.3 is 25.4 Å². The number of aryl methyl sites for hydroxylation is 1. The second kappa shape index (κ2) is 9.11. The molecule has 4 aromatic rings. The van der Waals surface area contributed by atoms with Crippen molar-refractivity contribution in [2.24, 2.45) is 12.8 Å². The molecular formula is C27H32FN7O2. The summed E-state index contributed by atoms with van der Waals surface area (Å²) in [7, 11) is 3.93. The monoisotopic (exact) mass is 505 g/mol. The van der Waals surface area contributed by atoms with Crippen LogP contribution in [0.5, 0.6) is 0 Å². The van der Waals surface area contributed by atoms with E-state index in [0.29, 0.717) is 37.0 Å². The fraction of sp³-hybridized carbons (Fsp3) is 0.444. The van der Waals surface area contributed by atoms with Gasteiger partial charge in [-0.3, -0.25) is 14.0 Å². The van der Waals surface area contributed by atoms with Crippen LogP contribution in [0.3, 0.4) is 0 Å². The number of para-hydroxylation sites is 2. The average molecular weight is 506 g/mol. The Morgan fingerprint density at radius 3 is 2.68 bits per heavy atom. The van der Waals surface area contributed by atoms with Gasteiger partial charge in [-0.05, 0) is 57.5 Å². The van der Waals surface area contributed by atoms with Crippen LogP contribution >= 0.6 is 0 Å². The Kier molecular flexibility index (Phi) is 5.88. The second-order valence-electron chi connectivity index (χ2n) is 10.4.